The van der Waals surface area contributed by atoms with Crippen molar-refractivity contribution in [3.63, 3.8) is 0 Å². The first-order valence-corrected chi connectivity index (χ1v) is 7.47. The number of carbonyl (C=O) groups is 2. The average Bonchev–Trinajstić information content (AvgIpc) is 3.25. The molecule has 1 N–H and O–H groups in total. The number of rotatable bonds is 5. The number of ketones is 2. The summed E-state index contributed by atoms with van der Waals surface area (Å²) in [7, 11) is 1.41. The van der Waals surface area contributed by atoms with Crippen molar-refractivity contribution in [1.29, 1.82) is 0 Å². The van der Waals surface area contributed by atoms with Crippen LogP contribution in [0.1, 0.15) is 26.4 Å². The van der Waals surface area contributed by atoms with Gasteiger partial charge in [0.2, 0.25) is 0 Å². The van der Waals surface area contributed by atoms with Crippen LogP contribution in [0.3, 0.4) is 0 Å². The van der Waals surface area contributed by atoms with E-state index in [1.165, 1.54) is 19.2 Å². The summed E-state index contributed by atoms with van der Waals surface area (Å²) >= 11 is 0. The van der Waals surface area contributed by atoms with Gasteiger partial charge >= 0.3 is 6.18 Å². The first-order chi connectivity index (χ1) is 12.7. The van der Waals surface area contributed by atoms with E-state index in [1.54, 1.807) is 12.1 Å². The number of carbonyl (C=O) groups excluding carboxylic acids is 2. The van der Waals surface area contributed by atoms with Gasteiger partial charge < -0.3 is 14.5 Å². The molecule has 0 radical (unpaired) electrons. The van der Waals surface area contributed by atoms with Crippen molar-refractivity contribution in [1.82, 2.24) is 14.5 Å². The first kappa shape index (κ1) is 18.2. The highest BCUT2D eigenvalue weighted by Crippen LogP contribution is 2.26. The Balaban J connectivity index is 2.10. The molecule has 0 spiro atoms. The lowest BCUT2D eigenvalue weighted by Crippen LogP contribution is -2.25. The number of halogens is 3. The van der Waals surface area contributed by atoms with E-state index in [9.17, 15) is 28.0 Å². The summed E-state index contributed by atoms with van der Waals surface area (Å²) < 4.78 is 44.7. The fourth-order valence-corrected chi connectivity index (χ4v) is 2.48. The number of ether oxygens (including phenoxy) is 1. The van der Waals surface area contributed by atoms with Crippen LogP contribution in [0.4, 0.5) is 13.2 Å². The molecule has 0 unspecified atom stereocenters. The summed E-state index contributed by atoms with van der Waals surface area (Å²) in [5.41, 5.74) is -0.756. The lowest BCUT2D eigenvalue weighted by Gasteiger charge is -2.07. The number of nitrogens with zero attached hydrogens (tertiary/aromatic N) is 3. The molecular formula is C17H12F3N3O4. The summed E-state index contributed by atoms with van der Waals surface area (Å²) in [6, 6.07) is 6.92. The molecular weight excluding hydrogens is 367 g/mol. The van der Waals surface area contributed by atoms with Crippen molar-refractivity contribution >= 4 is 11.6 Å². The third-order valence-corrected chi connectivity index (χ3v) is 3.74. The highest BCUT2D eigenvalue weighted by atomic mass is 19.4. The molecule has 0 saturated heterocycles. The molecule has 0 atom stereocenters. The molecule has 10 heteroatoms. The zero-order valence-electron chi connectivity index (χ0n) is 13.8. The number of Topliss-reactive ketones (excluding diaryl/α,β-unsaturated/α-hetero) is 1. The highest BCUT2D eigenvalue weighted by Gasteiger charge is 2.41. The predicted molar refractivity (Wildman–Crippen MR) is 85.6 cm³/mol. The van der Waals surface area contributed by atoms with Gasteiger partial charge in [0.05, 0.1) is 30.9 Å². The minimum absolute atomic E-state index is 0.0187. The van der Waals surface area contributed by atoms with Crippen LogP contribution in [0.5, 0.6) is 5.75 Å². The third-order valence-electron chi connectivity index (χ3n) is 3.74. The van der Waals surface area contributed by atoms with E-state index in [1.807, 2.05) is 0 Å². The van der Waals surface area contributed by atoms with Crippen molar-refractivity contribution in [2.24, 2.45) is 0 Å². The Hall–Kier alpha value is -3.56. The molecule has 0 aliphatic rings. The molecule has 0 saturated carbocycles. The van der Waals surface area contributed by atoms with E-state index in [4.69, 9.17) is 4.74 Å². The number of hydrogen-bond acceptors (Lipinski definition) is 5. The highest BCUT2D eigenvalue weighted by molar-refractivity contribution is 6.11. The van der Waals surface area contributed by atoms with Crippen LogP contribution in [0.2, 0.25) is 0 Å². The minimum atomic E-state index is -5.14. The van der Waals surface area contributed by atoms with Crippen LogP contribution in [-0.2, 0) is 0 Å². The van der Waals surface area contributed by atoms with Crippen molar-refractivity contribution in [3.05, 3.63) is 65.7 Å². The molecule has 27 heavy (non-hydrogen) atoms. The molecule has 140 valence electrons. The van der Waals surface area contributed by atoms with Gasteiger partial charge in [-0.3, -0.25) is 9.59 Å². The lowest BCUT2D eigenvalue weighted by molar-refractivity contribution is -0.0889. The second-order valence-corrected chi connectivity index (χ2v) is 5.49. The lowest BCUT2D eigenvalue weighted by atomic mass is 10.1. The Labute approximate surface area is 150 Å². The maximum absolute atomic E-state index is 12.9. The van der Waals surface area contributed by atoms with E-state index in [2.05, 4.69) is 5.10 Å². The summed E-state index contributed by atoms with van der Waals surface area (Å²) in [5.74, 6) is -2.33. The van der Waals surface area contributed by atoms with Gasteiger partial charge in [0, 0.05) is 17.3 Å². The molecule has 0 bridgehead atoms. The van der Waals surface area contributed by atoms with Crippen molar-refractivity contribution in [2.75, 3.05) is 7.11 Å². The fourth-order valence-electron chi connectivity index (χ4n) is 2.48. The smallest absolute Gasteiger partial charge is 0.456 e. The van der Waals surface area contributed by atoms with Gasteiger partial charge in [-0.15, -0.1) is 9.94 Å². The normalized spacial score (nSPS) is 11.4. The number of hydrogen-bond donors (Lipinski definition) is 1. The maximum Gasteiger partial charge on any atom is 0.456 e. The monoisotopic (exact) mass is 379 g/mol. The van der Waals surface area contributed by atoms with Crippen LogP contribution in [0.15, 0.2) is 48.9 Å². The van der Waals surface area contributed by atoms with Crippen LogP contribution in [0.25, 0.3) is 5.69 Å². The Morgan fingerprint density at radius 3 is 2.48 bits per heavy atom. The van der Waals surface area contributed by atoms with Crippen LogP contribution < -0.4 is 4.74 Å². The summed E-state index contributed by atoms with van der Waals surface area (Å²) in [6.07, 6.45) is -2.01. The molecule has 0 aliphatic heterocycles. The van der Waals surface area contributed by atoms with Crippen LogP contribution in [0, 0.1) is 0 Å². The van der Waals surface area contributed by atoms with E-state index >= 15 is 0 Å². The first-order valence-electron chi connectivity index (χ1n) is 7.47. The van der Waals surface area contributed by atoms with Crippen molar-refractivity contribution in [3.8, 4) is 11.4 Å². The standard InChI is InChI=1S/C17H12F3N3O4/c1-27-13-4-2-3-10(5-13)15(24)11-6-14(16(25)17(18,19)20)22(8-11)12-7-21-23(26)9-12/h2-9,26H,1H3. The Bertz CT molecular complexity index is 1020. The second kappa shape index (κ2) is 6.63. The molecule has 3 rings (SSSR count). The Kier molecular flexibility index (Phi) is 4.48. The number of benzene rings is 1. The molecule has 0 aliphatic carbocycles. The van der Waals surface area contributed by atoms with E-state index in [-0.39, 0.29) is 16.8 Å². The average molecular weight is 379 g/mol. The predicted octanol–water partition coefficient (Wildman–Crippen LogP) is 2.90. The van der Waals surface area contributed by atoms with Gasteiger partial charge in [-0.05, 0) is 18.2 Å². The zero-order chi connectivity index (χ0) is 19.8. The largest absolute Gasteiger partial charge is 0.497 e. The molecule has 2 heterocycles. The zero-order valence-corrected chi connectivity index (χ0v) is 13.8. The number of alkyl halides is 3. The fraction of sp³-hybridized carbons (Fsp3) is 0.118. The van der Waals surface area contributed by atoms with Gasteiger partial charge in [0.15, 0.2) is 5.78 Å². The van der Waals surface area contributed by atoms with Gasteiger partial charge in [0.1, 0.15) is 5.75 Å². The van der Waals surface area contributed by atoms with Crippen LogP contribution in [-0.4, -0.2) is 44.6 Å². The van der Waals surface area contributed by atoms with Gasteiger partial charge in [0.25, 0.3) is 5.78 Å². The number of aromatic nitrogens is 3. The topological polar surface area (TPSA) is 86.4 Å². The van der Waals surface area contributed by atoms with Gasteiger partial charge in [-0.1, -0.05) is 12.1 Å². The number of methoxy groups -OCH3 is 1. The second-order valence-electron chi connectivity index (χ2n) is 5.49. The van der Waals surface area contributed by atoms with E-state index in [0.29, 0.717) is 10.6 Å². The summed E-state index contributed by atoms with van der Waals surface area (Å²) in [5, 5.41) is 12.7. The quantitative estimate of drug-likeness (QED) is 0.544. The van der Waals surface area contributed by atoms with Gasteiger partial charge in [-0.2, -0.15) is 13.2 Å². The van der Waals surface area contributed by atoms with E-state index in [0.717, 1.165) is 29.2 Å². The van der Waals surface area contributed by atoms with Crippen LogP contribution >= 0.6 is 0 Å². The SMILES string of the molecule is COc1cccc(C(=O)c2cc(C(=O)C(F)(F)F)n(-c3cnn(O)c3)c2)c1. The molecule has 0 amide bonds. The van der Waals surface area contributed by atoms with Gasteiger partial charge in [-0.25, -0.2) is 0 Å². The summed E-state index contributed by atoms with van der Waals surface area (Å²) in [4.78, 5) is 24.8. The minimum Gasteiger partial charge on any atom is -0.497 e. The van der Waals surface area contributed by atoms with E-state index < -0.39 is 23.4 Å². The molecule has 1 aromatic carbocycles. The maximum atomic E-state index is 12.9. The Morgan fingerprint density at radius 2 is 1.89 bits per heavy atom. The molecule has 2 aromatic heterocycles. The molecule has 0 fully saturated rings. The third kappa shape index (κ3) is 3.54. The van der Waals surface area contributed by atoms with Crippen molar-refractivity contribution < 1.29 is 32.7 Å². The van der Waals surface area contributed by atoms with Crippen molar-refractivity contribution in [2.45, 2.75) is 6.18 Å². The summed E-state index contributed by atoms with van der Waals surface area (Å²) in [6.45, 7) is 0. The molecule has 3 aromatic rings. The molecule has 7 nitrogen and oxygen atoms in total. The Morgan fingerprint density at radius 1 is 1.15 bits per heavy atom.